The zero-order chi connectivity index (χ0) is 13.9. The highest BCUT2D eigenvalue weighted by Crippen LogP contribution is 2.30. The molecule has 1 saturated heterocycles. The molecule has 3 N–H and O–H groups in total. The lowest BCUT2D eigenvalue weighted by atomic mass is 9.77. The van der Waals surface area contributed by atoms with E-state index in [2.05, 4.69) is 24.5 Å². The molecule has 0 aliphatic carbocycles. The predicted octanol–water partition coefficient (Wildman–Crippen LogP) is 1.68. The quantitative estimate of drug-likeness (QED) is 0.787. The van der Waals surface area contributed by atoms with Crippen LogP contribution in [0.2, 0.25) is 0 Å². The Hall–Kier alpha value is -0.910. The lowest BCUT2D eigenvalue weighted by Gasteiger charge is -2.38. The van der Waals surface area contributed by atoms with Crippen LogP contribution in [0.25, 0.3) is 0 Å². The van der Waals surface area contributed by atoms with E-state index in [1.54, 1.807) is 11.3 Å². The summed E-state index contributed by atoms with van der Waals surface area (Å²) in [5, 5.41) is 19.9. The van der Waals surface area contributed by atoms with Gasteiger partial charge in [0.1, 0.15) is 0 Å². The van der Waals surface area contributed by atoms with Gasteiger partial charge < -0.3 is 15.7 Å². The number of hydrogen-bond donors (Lipinski definition) is 3. The van der Waals surface area contributed by atoms with Crippen LogP contribution in [0.5, 0.6) is 0 Å². The molecule has 4 nitrogen and oxygen atoms in total. The molecule has 1 aromatic heterocycles. The number of amides is 1. The van der Waals surface area contributed by atoms with Crippen molar-refractivity contribution in [3.63, 3.8) is 0 Å². The zero-order valence-electron chi connectivity index (χ0n) is 11.5. The van der Waals surface area contributed by atoms with Crippen LogP contribution in [0.15, 0.2) is 16.8 Å². The fraction of sp³-hybridized carbons (Fsp3) is 0.643. The van der Waals surface area contributed by atoms with Gasteiger partial charge in [-0.15, -0.1) is 0 Å². The Kier molecular flexibility index (Phi) is 4.60. The third-order valence-electron chi connectivity index (χ3n) is 3.79. The van der Waals surface area contributed by atoms with E-state index in [4.69, 9.17) is 0 Å². The topological polar surface area (TPSA) is 61.4 Å². The molecule has 1 aromatic rings. The van der Waals surface area contributed by atoms with E-state index >= 15 is 0 Å². The number of carbonyl (C=O) groups is 1. The average Bonchev–Trinajstić information content (AvgIpc) is 2.89. The highest BCUT2D eigenvalue weighted by molar-refractivity contribution is 7.07. The summed E-state index contributed by atoms with van der Waals surface area (Å²) in [5.74, 6) is -0.0148. The van der Waals surface area contributed by atoms with E-state index in [0.717, 1.165) is 24.9 Å². The Morgan fingerprint density at radius 3 is 3.11 bits per heavy atom. The standard InChI is InChI=1S/C14H22N2O2S/c1-14(2)5-3-6-15-12(14)13(18)16-8-11(17)10-4-7-19-9-10/h4,7,9,11-12,15,17H,3,5-6,8H2,1-2H3,(H,16,18). The van der Waals surface area contributed by atoms with Crippen LogP contribution >= 0.6 is 11.3 Å². The molecule has 1 fully saturated rings. The summed E-state index contributed by atoms with van der Waals surface area (Å²) in [6.45, 7) is 5.37. The summed E-state index contributed by atoms with van der Waals surface area (Å²) in [7, 11) is 0. The second kappa shape index (κ2) is 6.03. The first-order valence-corrected chi connectivity index (χ1v) is 7.66. The average molecular weight is 282 g/mol. The number of rotatable bonds is 4. The molecule has 1 aliphatic heterocycles. The molecule has 1 amide bonds. The normalized spacial score (nSPS) is 23.8. The van der Waals surface area contributed by atoms with Gasteiger partial charge in [0.25, 0.3) is 0 Å². The molecule has 0 saturated carbocycles. The van der Waals surface area contributed by atoms with E-state index < -0.39 is 6.10 Å². The molecule has 2 atom stereocenters. The summed E-state index contributed by atoms with van der Waals surface area (Å²) in [4.78, 5) is 12.2. The van der Waals surface area contributed by atoms with Crippen molar-refractivity contribution in [2.24, 2.45) is 5.41 Å². The first-order chi connectivity index (χ1) is 9.00. The van der Waals surface area contributed by atoms with Crippen LogP contribution in [0, 0.1) is 5.41 Å². The number of nitrogens with one attached hydrogen (secondary N) is 2. The fourth-order valence-corrected chi connectivity index (χ4v) is 3.25. The molecule has 2 heterocycles. The molecule has 0 radical (unpaired) electrons. The van der Waals surface area contributed by atoms with E-state index in [0.29, 0.717) is 0 Å². The summed E-state index contributed by atoms with van der Waals surface area (Å²) in [6.07, 6.45) is 1.53. The maximum atomic E-state index is 12.2. The highest BCUT2D eigenvalue weighted by Gasteiger charge is 2.36. The molecule has 0 aromatic carbocycles. The van der Waals surface area contributed by atoms with Gasteiger partial charge in [0.05, 0.1) is 12.1 Å². The summed E-state index contributed by atoms with van der Waals surface area (Å²) in [6, 6.07) is 1.71. The van der Waals surface area contributed by atoms with Crippen molar-refractivity contribution in [1.82, 2.24) is 10.6 Å². The van der Waals surface area contributed by atoms with Crippen molar-refractivity contribution in [2.75, 3.05) is 13.1 Å². The molecule has 1 aliphatic rings. The van der Waals surface area contributed by atoms with Gasteiger partial charge in [-0.25, -0.2) is 0 Å². The monoisotopic (exact) mass is 282 g/mol. The van der Waals surface area contributed by atoms with Crippen LogP contribution in [0.1, 0.15) is 38.4 Å². The van der Waals surface area contributed by atoms with Crippen molar-refractivity contribution < 1.29 is 9.90 Å². The van der Waals surface area contributed by atoms with Crippen molar-refractivity contribution in [3.8, 4) is 0 Å². The van der Waals surface area contributed by atoms with Gasteiger partial charge in [0.15, 0.2) is 0 Å². The van der Waals surface area contributed by atoms with Gasteiger partial charge in [-0.3, -0.25) is 4.79 Å². The molecule has 0 spiro atoms. The van der Waals surface area contributed by atoms with Gasteiger partial charge in [-0.1, -0.05) is 13.8 Å². The van der Waals surface area contributed by atoms with Crippen molar-refractivity contribution in [2.45, 2.75) is 38.8 Å². The fourth-order valence-electron chi connectivity index (χ4n) is 2.54. The maximum absolute atomic E-state index is 12.2. The molecule has 2 rings (SSSR count). The number of carbonyl (C=O) groups excluding carboxylic acids is 1. The SMILES string of the molecule is CC1(C)CCCNC1C(=O)NCC(O)c1ccsc1. The third kappa shape index (κ3) is 3.55. The number of hydrogen-bond acceptors (Lipinski definition) is 4. The smallest absolute Gasteiger partial charge is 0.237 e. The van der Waals surface area contributed by atoms with Gasteiger partial charge in [0.2, 0.25) is 5.91 Å². The van der Waals surface area contributed by atoms with Crippen molar-refractivity contribution in [1.29, 1.82) is 0 Å². The molecular weight excluding hydrogens is 260 g/mol. The third-order valence-corrected chi connectivity index (χ3v) is 4.49. The van der Waals surface area contributed by atoms with Crippen LogP contribution in [0.3, 0.4) is 0 Å². The summed E-state index contributed by atoms with van der Waals surface area (Å²) < 4.78 is 0. The molecule has 2 unspecified atom stereocenters. The Labute approximate surface area is 118 Å². The number of aliphatic hydroxyl groups excluding tert-OH is 1. The first kappa shape index (κ1) is 14.5. The second-order valence-corrected chi connectivity index (χ2v) is 6.58. The van der Waals surface area contributed by atoms with Crippen molar-refractivity contribution in [3.05, 3.63) is 22.4 Å². The minimum absolute atomic E-state index is 0.0148. The highest BCUT2D eigenvalue weighted by atomic mass is 32.1. The number of aliphatic hydroxyl groups is 1. The molecular formula is C14H22N2O2S. The Bertz CT molecular complexity index is 417. The summed E-state index contributed by atoms with van der Waals surface area (Å²) >= 11 is 1.54. The first-order valence-electron chi connectivity index (χ1n) is 6.72. The van der Waals surface area contributed by atoms with Gasteiger partial charge in [-0.2, -0.15) is 11.3 Å². The predicted molar refractivity (Wildman–Crippen MR) is 77.1 cm³/mol. The Morgan fingerprint density at radius 1 is 1.68 bits per heavy atom. The second-order valence-electron chi connectivity index (χ2n) is 5.80. The molecule has 0 bridgehead atoms. The largest absolute Gasteiger partial charge is 0.387 e. The van der Waals surface area contributed by atoms with E-state index in [-0.39, 0.29) is 23.9 Å². The van der Waals surface area contributed by atoms with E-state index in [9.17, 15) is 9.90 Å². The maximum Gasteiger partial charge on any atom is 0.237 e. The van der Waals surface area contributed by atoms with Crippen LogP contribution in [-0.4, -0.2) is 30.1 Å². The van der Waals surface area contributed by atoms with Gasteiger partial charge in [-0.05, 0) is 47.2 Å². The number of piperidine rings is 1. The van der Waals surface area contributed by atoms with Crippen molar-refractivity contribution >= 4 is 17.2 Å². The summed E-state index contributed by atoms with van der Waals surface area (Å²) in [5.41, 5.74) is 0.830. The Balaban J connectivity index is 1.87. The van der Waals surface area contributed by atoms with Crippen LogP contribution in [0.4, 0.5) is 0 Å². The van der Waals surface area contributed by atoms with E-state index in [1.807, 2.05) is 16.8 Å². The number of thiophene rings is 1. The lowest BCUT2D eigenvalue weighted by molar-refractivity contribution is -0.127. The zero-order valence-corrected chi connectivity index (χ0v) is 12.3. The lowest BCUT2D eigenvalue weighted by Crippen LogP contribution is -2.56. The van der Waals surface area contributed by atoms with Gasteiger partial charge in [0, 0.05) is 6.54 Å². The minimum Gasteiger partial charge on any atom is -0.387 e. The van der Waals surface area contributed by atoms with Crippen LogP contribution < -0.4 is 10.6 Å². The molecule has 106 valence electrons. The molecule has 19 heavy (non-hydrogen) atoms. The minimum atomic E-state index is -0.623. The van der Waals surface area contributed by atoms with E-state index in [1.165, 1.54) is 0 Å². The Morgan fingerprint density at radius 2 is 2.47 bits per heavy atom. The van der Waals surface area contributed by atoms with Gasteiger partial charge >= 0.3 is 0 Å². The van der Waals surface area contributed by atoms with Crippen LogP contribution in [-0.2, 0) is 4.79 Å². The molecule has 5 heteroatoms.